The molecule has 326 valence electrons. The van der Waals surface area contributed by atoms with Gasteiger partial charge >= 0.3 is 0 Å². The van der Waals surface area contributed by atoms with E-state index in [0.717, 1.165) is 51.3 Å². The van der Waals surface area contributed by atoms with E-state index in [1.54, 1.807) is 0 Å². The summed E-state index contributed by atoms with van der Waals surface area (Å²) in [7, 11) is 0. The number of para-hydroxylation sites is 2. The van der Waals surface area contributed by atoms with Gasteiger partial charge in [0.05, 0.1) is 0 Å². The molecule has 0 fully saturated rings. The van der Waals surface area contributed by atoms with Crippen molar-refractivity contribution in [3.8, 4) is 0 Å². The summed E-state index contributed by atoms with van der Waals surface area (Å²) in [6, 6.07) is 58.9. The molecule has 4 nitrogen and oxygen atoms in total. The maximum absolute atomic E-state index is 7.25. The Morgan fingerprint density at radius 2 is 0.877 bits per heavy atom. The number of nitrogens with zero attached hydrogens (tertiary/aromatic N) is 3. The minimum Gasteiger partial charge on any atom is -0.440 e. The Morgan fingerprint density at radius 1 is 0.400 bits per heavy atom. The average Bonchev–Trinajstić information content (AvgIpc) is 3.64. The van der Waals surface area contributed by atoms with Crippen LogP contribution in [0.25, 0.3) is 11.0 Å². The van der Waals surface area contributed by atoms with Crippen molar-refractivity contribution in [1.29, 1.82) is 0 Å². The molecule has 0 amide bonds. The topological polar surface area (TPSA) is 22.9 Å². The van der Waals surface area contributed by atoms with Crippen LogP contribution in [0.3, 0.4) is 0 Å². The van der Waals surface area contributed by atoms with E-state index in [2.05, 4.69) is 256 Å². The van der Waals surface area contributed by atoms with E-state index in [1.807, 2.05) is 0 Å². The van der Waals surface area contributed by atoms with Gasteiger partial charge in [0.25, 0.3) is 6.71 Å². The summed E-state index contributed by atoms with van der Waals surface area (Å²) in [6.45, 7) is 27.5. The van der Waals surface area contributed by atoms with Gasteiger partial charge in [-0.15, -0.1) is 0 Å². The second kappa shape index (κ2) is 15.1. The van der Waals surface area contributed by atoms with Crippen LogP contribution < -0.4 is 31.1 Å². The number of hydrogen-bond donors (Lipinski definition) is 0. The molecule has 0 unspecified atom stereocenters. The number of furan rings is 1. The fourth-order valence-corrected chi connectivity index (χ4v) is 9.90. The lowest BCUT2D eigenvalue weighted by molar-refractivity contribution is 0.588. The number of hydrogen-bond acceptors (Lipinski definition) is 4. The average molecular weight is 852 g/mol. The van der Waals surface area contributed by atoms with Crippen molar-refractivity contribution in [2.24, 2.45) is 0 Å². The summed E-state index contributed by atoms with van der Waals surface area (Å²) in [5, 5.41) is 1.17. The van der Waals surface area contributed by atoms with Crippen molar-refractivity contribution >= 4 is 85.5 Å². The molecule has 5 heteroatoms. The van der Waals surface area contributed by atoms with Gasteiger partial charge in [-0.3, -0.25) is 4.90 Å². The molecule has 7 aromatic carbocycles. The van der Waals surface area contributed by atoms with Crippen molar-refractivity contribution in [2.75, 3.05) is 14.7 Å². The minimum atomic E-state index is -0.153. The summed E-state index contributed by atoms with van der Waals surface area (Å²) in [5.41, 5.74) is 18.7. The lowest BCUT2D eigenvalue weighted by atomic mass is 9.33. The smallest absolute Gasteiger partial charge is 0.257 e. The first-order chi connectivity index (χ1) is 30.8. The zero-order valence-electron chi connectivity index (χ0n) is 40.3. The van der Waals surface area contributed by atoms with Crippen LogP contribution in [0.1, 0.15) is 105 Å². The molecule has 0 radical (unpaired) electrons. The number of benzene rings is 7. The third-order valence-electron chi connectivity index (χ3n) is 13.7. The Bertz CT molecular complexity index is 3030. The molecule has 1 aromatic heterocycles. The highest BCUT2D eigenvalue weighted by atomic mass is 16.4. The van der Waals surface area contributed by atoms with E-state index < -0.39 is 0 Å². The van der Waals surface area contributed by atoms with Gasteiger partial charge in [-0.05, 0) is 140 Å². The molecule has 10 rings (SSSR count). The highest BCUT2D eigenvalue weighted by molar-refractivity contribution is 7.01. The third kappa shape index (κ3) is 7.34. The molecular weight excluding hydrogens is 789 g/mol. The van der Waals surface area contributed by atoms with Crippen molar-refractivity contribution in [3.63, 3.8) is 0 Å². The summed E-state index contributed by atoms with van der Waals surface area (Å²) < 4.78 is 7.25. The molecule has 0 spiro atoms. The summed E-state index contributed by atoms with van der Waals surface area (Å²) in [4.78, 5) is 7.36. The van der Waals surface area contributed by atoms with Gasteiger partial charge < -0.3 is 14.2 Å². The summed E-state index contributed by atoms with van der Waals surface area (Å²) >= 11 is 0. The van der Waals surface area contributed by atoms with Crippen LogP contribution in [0, 0.1) is 0 Å². The van der Waals surface area contributed by atoms with Gasteiger partial charge in [-0.25, -0.2) is 0 Å². The van der Waals surface area contributed by atoms with Crippen molar-refractivity contribution < 1.29 is 4.42 Å². The second-order valence-electron chi connectivity index (χ2n) is 22.4. The van der Waals surface area contributed by atoms with Crippen LogP contribution in [0.15, 0.2) is 162 Å². The van der Waals surface area contributed by atoms with Gasteiger partial charge in [0.15, 0.2) is 0 Å². The maximum Gasteiger partial charge on any atom is 0.257 e. The summed E-state index contributed by atoms with van der Waals surface area (Å²) in [5.74, 6) is 0.886. The Kier molecular flexibility index (Phi) is 9.84. The Morgan fingerprint density at radius 3 is 1.38 bits per heavy atom. The zero-order chi connectivity index (χ0) is 45.8. The predicted octanol–water partition coefficient (Wildman–Crippen LogP) is 15.2. The van der Waals surface area contributed by atoms with E-state index >= 15 is 0 Å². The highest BCUT2D eigenvalue weighted by Crippen LogP contribution is 2.49. The molecule has 0 saturated carbocycles. The Hall–Kier alpha value is -6.46. The molecule has 0 saturated heterocycles. The van der Waals surface area contributed by atoms with E-state index in [1.165, 1.54) is 49.7 Å². The fraction of sp³-hybridized carbons (Fsp3) is 0.267. The van der Waals surface area contributed by atoms with Gasteiger partial charge in [-0.2, -0.15) is 0 Å². The Balaban J connectivity index is 1.32. The monoisotopic (exact) mass is 851 g/mol. The molecule has 0 atom stereocenters. The largest absolute Gasteiger partial charge is 0.440 e. The normalized spacial score (nSPS) is 13.8. The van der Waals surface area contributed by atoms with E-state index in [4.69, 9.17) is 4.42 Å². The molecule has 3 heterocycles. The van der Waals surface area contributed by atoms with Crippen LogP contribution >= 0.6 is 0 Å². The zero-order valence-corrected chi connectivity index (χ0v) is 40.3. The molecule has 0 aliphatic carbocycles. The van der Waals surface area contributed by atoms with Gasteiger partial charge in [0.1, 0.15) is 5.58 Å². The molecule has 8 aromatic rings. The van der Waals surface area contributed by atoms with Crippen LogP contribution in [0.5, 0.6) is 0 Å². The molecule has 2 aliphatic heterocycles. The van der Waals surface area contributed by atoms with Crippen LogP contribution in [0.4, 0.5) is 51.4 Å². The molecule has 0 N–H and O–H groups in total. The first-order valence-electron chi connectivity index (χ1n) is 23.4. The quantitative estimate of drug-likeness (QED) is 0.161. The van der Waals surface area contributed by atoms with Crippen molar-refractivity contribution in [2.45, 2.75) is 105 Å². The van der Waals surface area contributed by atoms with Crippen LogP contribution in [-0.4, -0.2) is 6.71 Å². The van der Waals surface area contributed by atoms with Gasteiger partial charge in [0, 0.05) is 56.3 Å². The lowest BCUT2D eigenvalue weighted by Gasteiger charge is -2.44. The molecule has 2 aliphatic rings. The second-order valence-corrected chi connectivity index (χ2v) is 22.4. The number of fused-ring (bicyclic) bond motifs is 6. The van der Waals surface area contributed by atoms with Gasteiger partial charge in [0.2, 0.25) is 5.88 Å². The van der Waals surface area contributed by atoms with Crippen LogP contribution in [-0.2, 0) is 21.7 Å². The number of anilines is 9. The standard InChI is InChI=1S/C60H62BN3O/c1-57(2,3)39-23-28-45(29-24-39)63-50-38-47(62(43-19-15-13-16-20-43)44-21-17-14-18-22-44)32-33-49(50)61-54-48-35-41(59(7,8)9)27-34-53(48)65-56(54)64(46-30-25-40(26-31-46)58(4,5)6)52-37-42(60(10,11)12)36-51(63)55(52)61/h13-38H,1-12H3. The first-order valence-corrected chi connectivity index (χ1v) is 23.4. The summed E-state index contributed by atoms with van der Waals surface area (Å²) in [6.07, 6.45) is 0. The van der Waals surface area contributed by atoms with Crippen LogP contribution in [0.2, 0.25) is 0 Å². The molecule has 0 bridgehead atoms. The lowest BCUT2D eigenvalue weighted by Crippen LogP contribution is -2.61. The van der Waals surface area contributed by atoms with E-state index in [-0.39, 0.29) is 28.4 Å². The predicted molar refractivity (Wildman–Crippen MR) is 280 cm³/mol. The number of rotatable bonds is 5. The van der Waals surface area contributed by atoms with Gasteiger partial charge in [-0.1, -0.05) is 156 Å². The fourth-order valence-electron chi connectivity index (χ4n) is 9.90. The Labute approximate surface area is 387 Å². The third-order valence-corrected chi connectivity index (χ3v) is 13.7. The first kappa shape index (κ1) is 42.5. The molecule has 65 heavy (non-hydrogen) atoms. The SMILES string of the molecule is CC(C)(C)c1ccc(N2c3cc(N(c4ccccc4)c4ccccc4)ccc3B3c4c2cc(C(C)(C)C)cc4N(c2ccc(C(C)(C)C)cc2)c2oc4ccc(C(C)(C)C)cc4c23)cc1. The molecular formula is C60H62BN3O. The van der Waals surface area contributed by atoms with E-state index in [0.29, 0.717) is 0 Å². The minimum absolute atomic E-state index is 0.0154. The van der Waals surface area contributed by atoms with Crippen molar-refractivity contribution in [1.82, 2.24) is 0 Å². The maximum atomic E-state index is 7.25. The van der Waals surface area contributed by atoms with Crippen molar-refractivity contribution in [3.05, 3.63) is 180 Å². The van der Waals surface area contributed by atoms with E-state index in [9.17, 15) is 0 Å². The highest BCUT2D eigenvalue weighted by Gasteiger charge is 2.47.